The molecule has 180 valence electrons. The van der Waals surface area contributed by atoms with Gasteiger partial charge in [-0.25, -0.2) is 0 Å². The number of likely N-dealkylation sites (N-methyl/N-ethyl adjacent to an activating group) is 1. The van der Waals surface area contributed by atoms with Crippen molar-refractivity contribution in [3.63, 3.8) is 0 Å². The van der Waals surface area contributed by atoms with Crippen molar-refractivity contribution >= 4 is 5.96 Å². The van der Waals surface area contributed by atoms with Crippen LogP contribution in [0.15, 0.2) is 23.2 Å². The Morgan fingerprint density at radius 1 is 1.03 bits per heavy atom. The zero-order valence-electron chi connectivity index (χ0n) is 20.7. The summed E-state index contributed by atoms with van der Waals surface area (Å²) in [5.74, 6) is 2.47. The summed E-state index contributed by atoms with van der Waals surface area (Å²) in [5, 5.41) is 7.22. The van der Waals surface area contributed by atoms with Crippen LogP contribution in [0.4, 0.5) is 0 Å². The molecule has 2 N–H and O–H groups in total. The summed E-state index contributed by atoms with van der Waals surface area (Å²) in [4.78, 5) is 9.47. The molecule has 0 aromatic heterocycles. The molecule has 2 aliphatic rings. The zero-order valence-corrected chi connectivity index (χ0v) is 20.7. The van der Waals surface area contributed by atoms with Gasteiger partial charge in [-0.15, -0.1) is 0 Å². The van der Waals surface area contributed by atoms with E-state index in [1.807, 2.05) is 13.1 Å². The van der Waals surface area contributed by atoms with E-state index >= 15 is 0 Å². The summed E-state index contributed by atoms with van der Waals surface area (Å²) in [6, 6.07) is 6.89. The highest BCUT2D eigenvalue weighted by Crippen LogP contribution is 2.42. The third-order valence-electron chi connectivity index (χ3n) is 7.35. The molecule has 1 aliphatic heterocycles. The van der Waals surface area contributed by atoms with Crippen LogP contribution in [0.25, 0.3) is 0 Å². The molecular weight excluding hydrogens is 402 g/mol. The number of hydrogen-bond donors (Lipinski definition) is 2. The molecule has 1 unspecified atom stereocenters. The van der Waals surface area contributed by atoms with E-state index in [1.165, 1.54) is 37.7 Å². The minimum atomic E-state index is 0.0818. The normalized spacial score (nSPS) is 21.1. The second-order valence-corrected chi connectivity index (χ2v) is 9.41. The van der Waals surface area contributed by atoms with Crippen LogP contribution >= 0.6 is 0 Å². The summed E-state index contributed by atoms with van der Waals surface area (Å²) in [6.45, 7) is 8.62. The summed E-state index contributed by atoms with van der Waals surface area (Å²) in [6.07, 6.45) is 6.16. The molecule has 0 radical (unpaired) electrons. The van der Waals surface area contributed by atoms with Crippen molar-refractivity contribution in [3.05, 3.63) is 23.8 Å². The fraction of sp³-hybridized carbons (Fsp3) is 0.720. The van der Waals surface area contributed by atoms with Crippen LogP contribution in [0.2, 0.25) is 0 Å². The number of rotatable bonds is 8. The Morgan fingerprint density at radius 2 is 1.72 bits per heavy atom. The van der Waals surface area contributed by atoms with Gasteiger partial charge in [-0.1, -0.05) is 25.3 Å². The number of nitrogens with one attached hydrogen (secondary N) is 2. The Balaban J connectivity index is 1.63. The van der Waals surface area contributed by atoms with Gasteiger partial charge >= 0.3 is 0 Å². The molecular formula is C25H43N5O2. The molecule has 0 spiro atoms. The lowest BCUT2D eigenvalue weighted by Gasteiger charge is -2.39. The number of guanidine groups is 1. The van der Waals surface area contributed by atoms with Crippen LogP contribution in [-0.4, -0.2) is 89.4 Å². The lowest BCUT2D eigenvalue weighted by atomic mass is 9.69. The van der Waals surface area contributed by atoms with E-state index in [2.05, 4.69) is 51.5 Å². The molecule has 0 bridgehead atoms. The van der Waals surface area contributed by atoms with Gasteiger partial charge < -0.3 is 25.0 Å². The van der Waals surface area contributed by atoms with E-state index in [4.69, 9.17) is 9.47 Å². The molecule has 32 heavy (non-hydrogen) atoms. The van der Waals surface area contributed by atoms with Crippen molar-refractivity contribution in [3.8, 4) is 11.5 Å². The number of aliphatic imine (C=N–C) groups is 1. The van der Waals surface area contributed by atoms with E-state index in [-0.39, 0.29) is 5.41 Å². The minimum absolute atomic E-state index is 0.0818. The van der Waals surface area contributed by atoms with Crippen LogP contribution in [0.5, 0.6) is 11.5 Å². The van der Waals surface area contributed by atoms with Gasteiger partial charge in [0, 0.05) is 57.8 Å². The lowest BCUT2D eigenvalue weighted by molar-refractivity contribution is 0.120. The van der Waals surface area contributed by atoms with Crippen molar-refractivity contribution in [2.75, 3.05) is 67.6 Å². The second kappa shape index (κ2) is 11.8. The number of nitrogens with zero attached hydrogens (tertiary/aromatic N) is 3. The van der Waals surface area contributed by atoms with E-state index in [0.29, 0.717) is 6.04 Å². The van der Waals surface area contributed by atoms with Crippen LogP contribution in [0.1, 0.15) is 44.6 Å². The predicted octanol–water partition coefficient (Wildman–Crippen LogP) is 2.71. The molecule has 1 saturated carbocycles. The van der Waals surface area contributed by atoms with Gasteiger partial charge in [0.1, 0.15) is 0 Å². The quantitative estimate of drug-likeness (QED) is 0.474. The monoisotopic (exact) mass is 445 g/mol. The van der Waals surface area contributed by atoms with Crippen molar-refractivity contribution in [2.24, 2.45) is 4.99 Å². The Labute approximate surface area is 194 Å². The Morgan fingerprint density at radius 3 is 2.34 bits per heavy atom. The highest BCUT2D eigenvalue weighted by molar-refractivity contribution is 5.79. The van der Waals surface area contributed by atoms with Crippen molar-refractivity contribution in [2.45, 2.75) is 50.5 Å². The average Bonchev–Trinajstić information content (AvgIpc) is 2.84. The fourth-order valence-corrected chi connectivity index (χ4v) is 5.07. The summed E-state index contributed by atoms with van der Waals surface area (Å²) in [7, 11) is 7.46. The molecule has 1 atom stereocenters. The summed E-state index contributed by atoms with van der Waals surface area (Å²) >= 11 is 0. The number of methoxy groups -OCH3 is 2. The highest BCUT2D eigenvalue weighted by Gasteiger charge is 2.35. The second-order valence-electron chi connectivity index (χ2n) is 9.41. The standard InChI is InChI=1S/C25H43N5O2/c1-20(30-15-13-29(3)14-16-30)18-27-24(26-2)28-19-25(11-7-6-8-12-25)21-9-10-22(31-4)23(17-21)32-5/h9-10,17,20H,6-8,11-16,18-19H2,1-5H3,(H2,26,27,28). The first kappa shape index (κ1) is 24.6. The molecule has 1 aliphatic carbocycles. The maximum atomic E-state index is 5.60. The number of piperazine rings is 1. The van der Waals surface area contributed by atoms with Gasteiger partial charge in [0.2, 0.25) is 0 Å². The number of hydrogen-bond acceptors (Lipinski definition) is 5. The molecule has 1 aromatic carbocycles. The van der Waals surface area contributed by atoms with Gasteiger partial charge in [0.15, 0.2) is 17.5 Å². The van der Waals surface area contributed by atoms with E-state index in [1.54, 1.807) is 14.2 Å². The van der Waals surface area contributed by atoms with E-state index in [9.17, 15) is 0 Å². The van der Waals surface area contributed by atoms with Gasteiger partial charge in [-0.3, -0.25) is 9.89 Å². The van der Waals surface area contributed by atoms with Gasteiger partial charge in [0.05, 0.1) is 14.2 Å². The maximum Gasteiger partial charge on any atom is 0.191 e. The summed E-state index contributed by atoms with van der Waals surface area (Å²) < 4.78 is 11.1. The number of ether oxygens (including phenoxy) is 2. The van der Waals surface area contributed by atoms with Crippen molar-refractivity contribution in [1.29, 1.82) is 0 Å². The van der Waals surface area contributed by atoms with E-state index < -0.39 is 0 Å². The van der Waals surface area contributed by atoms with Gasteiger partial charge in [-0.05, 0) is 44.5 Å². The molecule has 7 nitrogen and oxygen atoms in total. The topological polar surface area (TPSA) is 61.4 Å². The van der Waals surface area contributed by atoms with E-state index in [0.717, 1.165) is 56.7 Å². The SMILES string of the molecule is CN=C(NCC(C)N1CCN(C)CC1)NCC1(c2ccc(OC)c(OC)c2)CCCCC1. The first-order valence-corrected chi connectivity index (χ1v) is 12.1. The first-order valence-electron chi connectivity index (χ1n) is 12.1. The molecule has 2 fully saturated rings. The van der Waals surface area contributed by atoms with Crippen molar-refractivity contribution in [1.82, 2.24) is 20.4 Å². The molecule has 3 rings (SSSR count). The van der Waals surface area contributed by atoms with Crippen LogP contribution in [0, 0.1) is 0 Å². The highest BCUT2D eigenvalue weighted by atomic mass is 16.5. The molecule has 1 aromatic rings. The Hall–Kier alpha value is -1.99. The third kappa shape index (κ3) is 6.07. The smallest absolute Gasteiger partial charge is 0.191 e. The predicted molar refractivity (Wildman–Crippen MR) is 132 cm³/mol. The Kier molecular flexibility index (Phi) is 9.05. The number of benzene rings is 1. The zero-order chi connectivity index (χ0) is 23.0. The van der Waals surface area contributed by atoms with Gasteiger partial charge in [-0.2, -0.15) is 0 Å². The first-order chi connectivity index (χ1) is 15.5. The Bertz CT molecular complexity index is 740. The third-order valence-corrected chi connectivity index (χ3v) is 7.35. The molecule has 1 saturated heterocycles. The lowest BCUT2D eigenvalue weighted by Crippen LogP contribution is -2.53. The van der Waals surface area contributed by atoms with Crippen LogP contribution in [0.3, 0.4) is 0 Å². The van der Waals surface area contributed by atoms with Crippen LogP contribution < -0.4 is 20.1 Å². The molecule has 7 heteroatoms. The summed E-state index contributed by atoms with van der Waals surface area (Å²) in [5.41, 5.74) is 1.40. The fourth-order valence-electron chi connectivity index (χ4n) is 5.07. The van der Waals surface area contributed by atoms with Crippen LogP contribution in [-0.2, 0) is 5.41 Å². The maximum absolute atomic E-state index is 5.60. The van der Waals surface area contributed by atoms with Gasteiger partial charge in [0.25, 0.3) is 0 Å². The largest absolute Gasteiger partial charge is 0.493 e. The molecule has 1 heterocycles. The minimum Gasteiger partial charge on any atom is -0.493 e. The average molecular weight is 446 g/mol. The molecule has 0 amide bonds. The van der Waals surface area contributed by atoms with Crippen molar-refractivity contribution < 1.29 is 9.47 Å².